The van der Waals surface area contributed by atoms with Gasteiger partial charge in [0.25, 0.3) is 0 Å². The molecule has 3 heteroatoms. The SMILES string of the molecule is CC1CCCC1NCC(O)C1CCOC1. The van der Waals surface area contributed by atoms with Crippen molar-refractivity contribution in [2.75, 3.05) is 19.8 Å². The second-order valence-corrected chi connectivity index (χ2v) is 5.11. The Balaban J connectivity index is 1.67. The fraction of sp³-hybridized carbons (Fsp3) is 1.00. The van der Waals surface area contributed by atoms with E-state index in [-0.39, 0.29) is 6.10 Å². The first-order valence-corrected chi connectivity index (χ1v) is 6.26. The van der Waals surface area contributed by atoms with E-state index in [2.05, 4.69) is 12.2 Å². The predicted octanol–water partition coefficient (Wildman–Crippen LogP) is 1.16. The third-order valence-corrected chi connectivity index (χ3v) is 3.96. The smallest absolute Gasteiger partial charge is 0.0715 e. The third-order valence-electron chi connectivity index (χ3n) is 3.96. The zero-order chi connectivity index (χ0) is 10.7. The summed E-state index contributed by atoms with van der Waals surface area (Å²) < 4.78 is 5.28. The molecule has 0 aromatic heterocycles. The first kappa shape index (κ1) is 11.4. The van der Waals surface area contributed by atoms with Crippen LogP contribution in [-0.2, 0) is 4.74 Å². The van der Waals surface area contributed by atoms with Crippen LogP contribution in [0.4, 0.5) is 0 Å². The number of aliphatic hydroxyl groups is 1. The maximum atomic E-state index is 9.95. The number of hydrogen-bond donors (Lipinski definition) is 2. The monoisotopic (exact) mass is 213 g/mol. The Bertz CT molecular complexity index is 192. The molecule has 15 heavy (non-hydrogen) atoms. The number of aliphatic hydroxyl groups excluding tert-OH is 1. The summed E-state index contributed by atoms with van der Waals surface area (Å²) in [5.74, 6) is 1.13. The van der Waals surface area contributed by atoms with Gasteiger partial charge < -0.3 is 15.2 Å². The van der Waals surface area contributed by atoms with Crippen LogP contribution in [0.5, 0.6) is 0 Å². The topological polar surface area (TPSA) is 41.5 Å². The zero-order valence-corrected chi connectivity index (χ0v) is 9.61. The van der Waals surface area contributed by atoms with Gasteiger partial charge >= 0.3 is 0 Å². The summed E-state index contributed by atoms with van der Waals surface area (Å²) in [5, 5.41) is 13.5. The second-order valence-electron chi connectivity index (χ2n) is 5.11. The molecule has 88 valence electrons. The minimum absolute atomic E-state index is 0.222. The van der Waals surface area contributed by atoms with Crippen molar-refractivity contribution in [3.63, 3.8) is 0 Å². The lowest BCUT2D eigenvalue weighted by molar-refractivity contribution is 0.0873. The molecule has 3 nitrogen and oxygen atoms in total. The average Bonchev–Trinajstić information content (AvgIpc) is 2.85. The van der Waals surface area contributed by atoms with Gasteiger partial charge in [-0.05, 0) is 25.2 Å². The van der Waals surface area contributed by atoms with Gasteiger partial charge in [0, 0.05) is 25.1 Å². The van der Waals surface area contributed by atoms with E-state index >= 15 is 0 Å². The van der Waals surface area contributed by atoms with Crippen molar-refractivity contribution in [3.05, 3.63) is 0 Å². The van der Waals surface area contributed by atoms with E-state index in [9.17, 15) is 5.11 Å². The van der Waals surface area contributed by atoms with E-state index in [1.807, 2.05) is 0 Å². The lowest BCUT2D eigenvalue weighted by Gasteiger charge is -2.22. The van der Waals surface area contributed by atoms with Crippen LogP contribution in [0.3, 0.4) is 0 Å². The maximum absolute atomic E-state index is 9.95. The lowest BCUT2D eigenvalue weighted by atomic mass is 10.0. The molecule has 2 aliphatic rings. The van der Waals surface area contributed by atoms with E-state index < -0.39 is 0 Å². The molecule has 1 aliphatic heterocycles. The van der Waals surface area contributed by atoms with Crippen LogP contribution >= 0.6 is 0 Å². The van der Waals surface area contributed by atoms with Crippen molar-refractivity contribution >= 4 is 0 Å². The van der Waals surface area contributed by atoms with Gasteiger partial charge in [-0.25, -0.2) is 0 Å². The first-order valence-electron chi connectivity index (χ1n) is 6.26. The van der Waals surface area contributed by atoms with E-state index in [0.717, 1.165) is 32.1 Å². The van der Waals surface area contributed by atoms with Crippen molar-refractivity contribution in [1.82, 2.24) is 5.32 Å². The van der Waals surface area contributed by atoms with Crippen molar-refractivity contribution in [2.45, 2.75) is 44.8 Å². The molecule has 1 saturated carbocycles. The standard InChI is InChI=1S/C12H23NO2/c1-9-3-2-4-11(9)13-7-12(14)10-5-6-15-8-10/h9-14H,2-8H2,1H3. The first-order chi connectivity index (χ1) is 7.27. The van der Waals surface area contributed by atoms with Gasteiger partial charge in [-0.15, -0.1) is 0 Å². The fourth-order valence-corrected chi connectivity index (χ4v) is 2.74. The molecule has 0 aromatic carbocycles. The average molecular weight is 213 g/mol. The van der Waals surface area contributed by atoms with Gasteiger partial charge in [0.2, 0.25) is 0 Å². The minimum atomic E-state index is -0.222. The normalized spacial score (nSPS) is 38.4. The molecule has 4 unspecified atom stereocenters. The molecule has 1 saturated heterocycles. The van der Waals surface area contributed by atoms with Crippen molar-refractivity contribution in [1.29, 1.82) is 0 Å². The largest absolute Gasteiger partial charge is 0.391 e. The van der Waals surface area contributed by atoms with Crippen LogP contribution < -0.4 is 5.32 Å². The van der Waals surface area contributed by atoms with Crippen LogP contribution in [0.2, 0.25) is 0 Å². The zero-order valence-electron chi connectivity index (χ0n) is 9.61. The van der Waals surface area contributed by atoms with E-state index in [1.165, 1.54) is 19.3 Å². The highest BCUT2D eigenvalue weighted by molar-refractivity contribution is 4.82. The molecule has 0 aromatic rings. The Hall–Kier alpha value is -0.120. The number of ether oxygens (including phenoxy) is 1. The van der Waals surface area contributed by atoms with Gasteiger partial charge in [-0.2, -0.15) is 0 Å². The van der Waals surface area contributed by atoms with Gasteiger partial charge in [0.05, 0.1) is 12.7 Å². The Morgan fingerprint density at radius 1 is 1.40 bits per heavy atom. The maximum Gasteiger partial charge on any atom is 0.0715 e. The fourth-order valence-electron chi connectivity index (χ4n) is 2.74. The minimum Gasteiger partial charge on any atom is -0.391 e. The van der Waals surface area contributed by atoms with Gasteiger partial charge in [0.15, 0.2) is 0 Å². The number of nitrogens with one attached hydrogen (secondary N) is 1. The van der Waals surface area contributed by atoms with Crippen LogP contribution in [0.1, 0.15) is 32.6 Å². The van der Waals surface area contributed by atoms with Crippen molar-refractivity contribution < 1.29 is 9.84 Å². The summed E-state index contributed by atoms with van der Waals surface area (Å²) in [5.41, 5.74) is 0. The van der Waals surface area contributed by atoms with E-state index in [4.69, 9.17) is 4.74 Å². The highest BCUT2D eigenvalue weighted by Crippen LogP contribution is 2.25. The molecular formula is C12H23NO2. The lowest BCUT2D eigenvalue weighted by Crippen LogP contribution is -2.40. The Labute approximate surface area is 92.2 Å². The molecule has 1 aliphatic carbocycles. The molecule has 0 amide bonds. The van der Waals surface area contributed by atoms with Crippen LogP contribution in [0.15, 0.2) is 0 Å². The Kier molecular flexibility index (Phi) is 4.00. The number of hydrogen-bond acceptors (Lipinski definition) is 3. The molecule has 2 rings (SSSR count). The summed E-state index contributed by atoms with van der Waals surface area (Å²) in [4.78, 5) is 0. The van der Waals surface area contributed by atoms with E-state index in [0.29, 0.717) is 12.0 Å². The van der Waals surface area contributed by atoms with Crippen LogP contribution in [0, 0.1) is 11.8 Å². The molecule has 1 heterocycles. The second kappa shape index (κ2) is 5.28. The van der Waals surface area contributed by atoms with Gasteiger partial charge in [-0.1, -0.05) is 13.3 Å². The van der Waals surface area contributed by atoms with Crippen LogP contribution in [0.25, 0.3) is 0 Å². The van der Waals surface area contributed by atoms with Gasteiger partial charge in [0.1, 0.15) is 0 Å². The summed E-state index contributed by atoms with van der Waals surface area (Å²) >= 11 is 0. The molecule has 2 fully saturated rings. The van der Waals surface area contributed by atoms with Crippen molar-refractivity contribution in [3.8, 4) is 0 Å². The molecule has 0 bridgehead atoms. The molecule has 4 atom stereocenters. The summed E-state index contributed by atoms with van der Waals surface area (Å²) in [6.07, 6.45) is 4.74. The molecule has 0 radical (unpaired) electrons. The molecule has 2 N–H and O–H groups in total. The Morgan fingerprint density at radius 2 is 2.27 bits per heavy atom. The molecule has 0 spiro atoms. The van der Waals surface area contributed by atoms with Gasteiger partial charge in [-0.3, -0.25) is 0 Å². The number of rotatable bonds is 4. The Morgan fingerprint density at radius 3 is 2.87 bits per heavy atom. The molecular weight excluding hydrogens is 190 g/mol. The highest BCUT2D eigenvalue weighted by Gasteiger charge is 2.27. The summed E-state index contributed by atoms with van der Waals surface area (Å²) in [7, 11) is 0. The summed E-state index contributed by atoms with van der Waals surface area (Å²) in [6.45, 7) is 4.60. The van der Waals surface area contributed by atoms with Crippen LogP contribution in [-0.4, -0.2) is 37.0 Å². The highest BCUT2D eigenvalue weighted by atomic mass is 16.5. The predicted molar refractivity (Wildman–Crippen MR) is 59.7 cm³/mol. The van der Waals surface area contributed by atoms with Crippen molar-refractivity contribution in [2.24, 2.45) is 11.8 Å². The third kappa shape index (κ3) is 2.92. The van der Waals surface area contributed by atoms with E-state index in [1.54, 1.807) is 0 Å². The quantitative estimate of drug-likeness (QED) is 0.736. The summed E-state index contributed by atoms with van der Waals surface area (Å²) in [6, 6.07) is 0.627.